The molecule has 4 atom stereocenters. The minimum Gasteiger partial charge on any atom is -0.772 e. The molecule has 63 heavy (non-hydrogen) atoms. The summed E-state index contributed by atoms with van der Waals surface area (Å²) >= 11 is 5.16. The van der Waals surface area contributed by atoms with E-state index in [0.29, 0.717) is 46.4 Å². The summed E-state index contributed by atoms with van der Waals surface area (Å²) in [6.07, 6.45) is -0.991. The quantitative estimate of drug-likeness (QED) is 0.0979. The molecule has 0 fully saturated rings. The van der Waals surface area contributed by atoms with E-state index >= 15 is 0 Å². The Hall–Kier alpha value is -4.70. The number of alkyl halides is 3. The second-order valence-corrected chi connectivity index (χ2v) is 18.9. The van der Waals surface area contributed by atoms with Crippen LogP contribution in [0.2, 0.25) is 5.02 Å². The molecule has 6 aromatic rings. The van der Waals surface area contributed by atoms with Crippen LogP contribution in [0.5, 0.6) is 0 Å². The third-order valence-corrected chi connectivity index (χ3v) is 13.9. The Labute approximate surface area is 372 Å². The van der Waals surface area contributed by atoms with Crippen LogP contribution < -0.4 is 0 Å². The molecule has 1 unspecified atom stereocenters. The number of carboxylic acid groups (broad SMARTS) is 2. The standard InChI is InChI=1S/C24H23F4NO4S.C23H23ClFNO2S/c1-13(14-5-7-17(8-6-14)24(26,27)28)29-22-15(10-21(30)31)3-2-4-19(22)20-11-18(25)9-16(23(20)29)12-34(32)33;1-13(2)18-11-16(25)12-19-21(18)23(29-17-7-5-15(24)6-8-17)22-14(10-20(27)28)4-3-9-26(19)22/h5-9,11,13,15H,2-4,10,12H2,1H3,(H,30,31)(H,32,33);5-8,11-14H,3-4,9-10H2,1-2H3,(H,27,28)/p-1/t13-,15+;14-/m01/s1. The number of carboxylic acids is 2. The molecule has 2 aromatic heterocycles. The number of aromatic nitrogens is 2. The summed E-state index contributed by atoms with van der Waals surface area (Å²) in [5, 5.41) is 21.2. The fourth-order valence-corrected chi connectivity index (χ4v) is 11.2. The lowest BCUT2D eigenvalue weighted by molar-refractivity contribution is -0.138. The number of fused-ring (bicyclic) bond motifs is 6. The maximum Gasteiger partial charge on any atom is 0.416 e. The van der Waals surface area contributed by atoms with Crippen molar-refractivity contribution < 1.29 is 50.5 Å². The van der Waals surface area contributed by atoms with Gasteiger partial charge in [0, 0.05) is 61.1 Å². The molecule has 0 amide bonds. The van der Waals surface area contributed by atoms with Crippen molar-refractivity contribution >= 4 is 68.2 Å². The van der Waals surface area contributed by atoms with Gasteiger partial charge in [-0.25, -0.2) is 8.78 Å². The zero-order valence-corrected chi connectivity index (χ0v) is 37.0. The van der Waals surface area contributed by atoms with Crippen LogP contribution in [0.4, 0.5) is 22.0 Å². The van der Waals surface area contributed by atoms with Crippen LogP contribution in [0, 0.1) is 11.6 Å². The van der Waals surface area contributed by atoms with Gasteiger partial charge in [-0.2, -0.15) is 13.2 Å². The van der Waals surface area contributed by atoms with Crippen molar-refractivity contribution in [3.05, 3.63) is 129 Å². The molecule has 334 valence electrons. The van der Waals surface area contributed by atoms with E-state index in [2.05, 4.69) is 18.4 Å². The maximum absolute atomic E-state index is 14.5. The molecule has 2 aliphatic rings. The summed E-state index contributed by atoms with van der Waals surface area (Å²) in [5.74, 6) is -3.40. The van der Waals surface area contributed by atoms with Crippen LogP contribution in [0.25, 0.3) is 21.8 Å². The van der Waals surface area contributed by atoms with Crippen LogP contribution in [0.3, 0.4) is 0 Å². The second-order valence-electron chi connectivity index (χ2n) is 16.5. The fourth-order valence-electron chi connectivity index (χ4n) is 9.41. The van der Waals surface area contributed by atoms with E-state index < -0.39 is 52.4 Å². The normalized spacial score (nSPS) is 17.3. The zero-order chi connectivity index (χ0) is 45.5. The van der Waals surface area contributed by atoms with Gasteiger partial charge in [-0.05, 0) is 128 Å². The number of rotatable bonds is 11. The Morgan fingerprint density at radius 3 is 2.11 bits per heavy atom. The van der Waals surface area contributed by atoms with Gasteiger partial charge >= 0.3 is 18.1 Å². The average Bonchev–Trinajstić information content (AvgIpc) is 3.71. The van der Waals surface area contributed by atoms with Crippen molar-refractivity contribution in [1.29, 1.82) is 0 Å². The number of hydrogen-bond donors (Lipinski definition) is 2. The lowest BCUT2D eigenvalue weighted by atomic mass is 9.84. The minimum absolute atomic E-state index is 0.0773. The molecule has 0 saturated heterocycles. The zero-order valence-electron chi connectivity index (χ0n) is 34.6. The molecule has 0 bridgehead atoms. The van der Waals surface area contributed by atoms with Gasteiger partial charge in [0.05, 0.1) is 35.5 Å². The third-order valence-electron chi connectivity index (χ3n) is 12.0. The van der Waals surface area contributed by atoms with Crippen LogP contribution in [-0.2, 0) is 45.6 Å². The number of aliphatic carboxylic acids is 2. The van der Waals surface area contributed by atoms with Crippen molar-refractivity contribution in [3.63, 3.8) is 0 Å². The monoisotopic (exact) mass is 927 g/mol. The van der Waals surface area contributed by atoms with Gasteiger partial charge in [-0.3, -0.25) is 13.8 Å². The first-order valence-corrected chi connectivity index (χ1v) is 23.1. The summed E-state index contributed by atoms with van der Waals surface area (Å²) in [6.45, 7) is 6.67. The van der Waals surface area contributed by atoms with Crippen molar-refractivity contribution in [3.8, 4) is 0 Å². The molecular weight excluding hydrogens is 883 g/mol. The van der Waals surface area contributed by atoms with Gasteiger partial charge in [0.1, 0.15) is 11.6 Å². The van der Waals surface area contributed by atoms with E-state index in [-0.39, 0.29) is 42.0 Å². The van der Waals surface area contributed by atoms with E-state index in [1.807, 2.05) is 28.8 Å². The number of hydrogen-bond acceptors (Lipinski definition) is 5. The predicted octanol–water partition coefficient (Wildman–Crippen LogP) is 12.7. The number of aryl methyl sites for hydroxylation is 2. The maximum atomic E-state index is 14.5. The molecule has 8 nitrogen and oxygen atoms in total. The van der Waals surface area contributed by atoms with Gasteiger partial charge in [-0.1, -0.05) is 60.4 Å². The van der Waals surface area contributed by atoms with E-state index in [0.717, 1.165) is 75.1 Å². The Kier molecular flexibility index (Phi) is 13.8. The number of nitrogens with zero attached hydrogens (tertiary/aromatic N) is 2. The van der Waals surface area contributed by atoms with E-state index in [1.54, 1.807) is 30.8 Å². The van der Waals surface area contributed by atoms with Crippen LogP contribution in [0.1, 0.15) is 122 Å². The van der Waals surface area contributed by atoms with Gasteiger partial charge < -0.3 is 23.9 Å². The molecule has 16 heteroatoms. The van der Waals surface area contributed by atoms with Gasteiger partial charge in [0.2, 0.25) is 0 Å². The summed E-state index contributed by atoms with van der Waals surface area (Å²) in [4.78, 5) is 25.2. The summed E-state index contributed by atoms with van der Waals surface area (Å²) in [6, 6.07) is 17.5. The summed E-state index contributed by atoms with van der Waals surface area (Å²) in [5.41, 5.74) is 4.75. The SMILES string of the molecule is CC(C)c1cc(F)cc2c1c(Sc1ccc(Cl)cc1)c1n2CCC[C@@H]1CC(=O)O.C[C@@H](c1ccc(C(F)(F)F)cc1)n1c2c(c3cc(F)cc(CS(=O)[O-])c31)CCC[C@@H]2CC(=O)O. The molecule has 1 aliphatic heterocycles. The van der Waals surface area contributed by atoms with Crippen molar-refractivity contribution in [2.45, 2.75) is 118 Å². The predicted molar refractivity (Wildman–Crippen MR) is 233 cm³/mol. The molecule has 0 saturated carbocycles. The smallest absolute Gasteiger partial charge is 0.416 e. The van der Waals surface area contributed by atoms with Gasteiger partial charge in [0.25, 0.3) is 0 Å². The Morgan fingerprint density at radius 1 is 0.889 bits per heavy atom. The summed E-state index contributed by atoms with van der Waals surface area (Å²) in [7, 11) is 0. The van der Waals surface area contributed by atoms with Crippen molar-refractivity contribution in [2.75, 3.05) is 0 Å². The molecule has 1 aliphatic carbocycles. The molecule has 4 aromatic carbocycles. The second kappa shape index (κ2) is 18.8. The van der Waals surface area contributed by atoms with Crippen LogP contribution >= 0.6 is 23.4 Å². The first-order chi connectivity index (χ1) is 29.8. The Morgan fingerprint density at radius 2 is 1.51 bits per heavy atom. The lowest BCUT2D eigenvalue weighted by Crippen LogP contribution is -2.20. The highest BCUT2D eigenvalue weighted by Gasteiger charge is 2.35. The van der Waals surface area contributed by atoms with Gasteiger partial charge in [0.15, 0.2) is 0 Å². The Bertz CT molecular complexity index is 2710. The lowest BCUT2D eigenvalue weighted by Gasteiger charge is -2.28. The van der Waals surface area contributed by atoms with E-state index in [9.17, 15) is 50.5 Å². The van der Waals surface area contributed by atoms with Crippen LogP contribution in [-0.4, -0.2) is 40.0 Å². The molecule has 3 heterocycles. The van der Waals surface area contributed by atoms with Crippen molar-refractivity contribution in [1.82, 2.24) is 9.13 Å². The van der Waals surface area contributed by atoms with E-state index in [4.69, 9.17) is 11.6 Å². The highest BCUT2D eigenvalue weighted by Crippen LogP contribution is 2.49. The fraction of sp³-hybridized carbons (Fsp3) is 0.362. The molecular formula is C47H45ClF5N2O6S2-. The van der Waals surface area contributed by atoms with Crippen molar-refractivity contribution in [2.24, 2.45) is 0 Å². The number of halogens is 6. The largest absolute Gasteiger partial charge is 0.772 e. The number of benzene rings is 4. The summed E-state index contributed by atoms with van der Waals surface area (Å²) < 4.78 is 95.2. The highest BCUT2D eigenvalue weighted by atomic mass is 35.5. The molecule has 0 radical (unpaired) electrons. The first kappa shape index (κ1) is 46.3. The Balaban J connectivity index is 0.000000191. The minimum atomic E-state index is -4.49. The third kappa shape index (κ3) is 9.86. The van der Waals surface area contributed by atoms with E-state index in [1.165, 1.54) is 18.2 Å². The first-order valence-electron chi connectivity index (χ1n) is 20.6. The highest BCUT2D eigenvalue weighted by molar-refractivity contribution is 7.99. The molecule has 2 N–H and O–H groups in total. The number of carbonyl (C=O) groups is 2. The molecule has 8 rings (SSSR count). The average molecular weight is 928 g/mol. The topological polar surface area (TPSA) is 125 Å². The van der Waals surface area contributed by atoms with Gasteiger partial charge in [-0.15, -0.1) is 0 Å². The molecule has 0 spiro atoms. The van der Waals surface area contributed by atoms with Crippen LogP contribution in [0.15, 0.2) is 82.6 Å².